The Morgan fingerprint density at radius 3 is 2.32 bits per heavy atom. The van der Waals surface area contributed by atoms with Gasteiger partial charge in [0.2, 0.25) is 0 Å². The Morgan fingerprint density at radius 2 is 1.61 bits per heavy atom. The molecule has 2 N–H and O–H groups in total. The molecule has 4 rings (SSSR count). The van der Waals surface area contributed by atoms with Crippen molar-refractivity contribution in [1.29, 1.82) is 0 Å². The zero-order valence-corrected chi connectivity index (χ0v) is 15.7. The van der Waals surface area contributed by atoms with E-state index in [0.717, 1.165) is 35.0 Å². The van der Waals surface area contributed by atoms with Crippen LogP contribution >= 0.6 is 0 Å². The summed E-state index contributed by atoms with van der Waals surface area (Å²) in [5.41, 5.74) is 2.33. The smallest absolute Gasteiger partial charge is 0.253 e. The molecule has 0 radical (unpaired) electrons. The number of benzene rings is 3. The van der Waals surface area contributed by atoms with Crippen molar-refractivity contribution in [2.24, 2.45) is 0 Å². The maximum absolute atomic E-state index is 12.8. The number of amides is 1. The summed E-state index contributed by atoms with van der Waals surface area (Å²) < 4.78 is 0. The normalized spacial score (nSPS) is 15.1. The van der Waals surface area contributed by atoms with Crippen LogP contribution in [-0.4, -0.2) is 65.3 Å². The van der Waals surface area contributed by atoms with E-state index >= 15 is 0 Å². The second-order valence-corrected chi connectivity index (χ2v) is 7.12. The number of nitrogens with zero attached hydrogens (tertiary/aromatic N) is 2. The van der Waals surface area contributed by atoms with E-state index in [-0.39, 0.29) is 18.3 Å². The zero-order chi connectivity index (χ0) is 19.5. The van der Waals surface area contributed by atoms with E-state index in [4.69, 9.17) is 5.11 Å². The molecular weight excluding hydrogens is 352 g/mol. The molecular formula is C23H24N2O3. The number of phenolic OH excluding ortho intramolecular Hbond substituents is 1. The molecule has 0 atom stereocenters. The van der Waals surface area contributed by atoms with Gasteiger partial charge in [-0.05, 0) is 34.5 Å². The number of aliphatic hydroxyl groups excluding tert-OH is 1. The minimum atomic E-state index is 0.0253. The van der Waals surface area contributed by atoms with Gasteiger partial charge in [-0.3, -0.25) is 9.69 Å². The molecule has 144 valence electrons. The Bertz CT molecular complexity index is 977. The number of fused-ring (bicyclic) bond motifs is 1. The largest absolute Gasteiger partial charge is 0.507 e. The summed E-state index contributed by atoms with van der Waals surface area (Å²) in [5, 5.41) is 21.5. The molecule has 1 fully saturated rings. The van der Waals surface area contributed by atoms with E-state index in [1.165, 1.54) is 0 Å². The lowest BCUT2D eigenvalue weighted by molar-refractivity contribution is 0.0615. The third-order valence-corrected chi connectivity index (χ3v) is 5.40. The molecule has 1 heterocycles. The highest BCUT2D eigenvalue weighted by atomic mass is 16.3. The molecule has 0 aliphatic carbocycles. The number of carbonyl (C=O) groups excluding carboxylic acids is 1. The summed E-state index contributed by atoms with van der Waals surface area (Å²) in [5.74, 6) is 0.259. The molecule has 0 unspecified atom stereocenters. The van der Waals surface area contributed by atoms with Crippen molar-refractivity contribution in [3.63, 3.8) is 0 Å². The Labute approximate surface area is 164 Å². The van der Waals surface area contributed by atoms with Crippen molar-refractivity contribution < 1.29 is 15.0 Å². The first-order valence-electron chi connectivity index (χ1n) is 9.61. The van der Waals surface area contributed by atoms with Gasteiger partial charge >= 0.3 is 0 Å². The van der Waals surface area contributed by atoms with Crippen molar-refractivity contribution >= 4 is 16.7 Å². The quantitative estimate of drug-likeness (QED) is 0.735. The fourth-order valence-electron chi connectivity index (χ4n) is 3.84. The van der Waals surface area contributed by atoms with E-state index in [1.54, 1.807) is 6.07 Å². The number of rotatable bonds is 4. The van der Waals surface area contributed by atoms with Crippen molar-refractivity contribution in [1.82, 2.24) is 9.80 Å². The predicted octanol–water partition coefficient (Wildman–Crippen LogP) is 2.96. The van der Waals surface area contributed by atoms with Gasteiger partial charge in [-0.2, -0.15) is 0 Å². The summed E-state index contributed by atoms with van der Waals surface area (Å²) in [6.07, 6.45) is 0. The molecule has 1 aliphatic heterocycles. The van der Waals surface area contributed by atoms with Crippen LogP contribution < -0.4 is 0 Å². The van der Waals surface area contributed by atoms with Crippen LogP contribution in [0.2, 0.25) is 0 Å². The van der Waals surface area contributed by atoms with Gasteiger partial charge in [-0.15, -0.1) is 0 Å². The second kappa shape index (κ2) is 8.00. The molecule has 5 heteroatoms. The number of aromatic hydroxyl groups is 1. The van der Waals surface area contributed by atoms with Crippen LogP contribution in [0.15, 0.2) is 60.7 Å². The third-order valence-electron chi connectivity index (χ3n) is 5.40. The summed E-state index contributed by atoms with van der Waals surface area (Å²) >= 11 is 0. The molecule has 28 heavy (non-hydrogen) atoms. The lowest BCUT2D eigenvalue weighted by atomic mass is 9.96. The first-order valence-corrected chi connectivity index (χ1v) is 9.61. The van der Waals surface area contributed by atoms with Gasteiger partial charge in [0.15, 0.2) is 0 Å². The number of piperazine rings is 1. The van der Waals surface area contributed by atoms with Crippen LogP contribution in [0.5, 0.6) is 5.75 Å². The molecule has 0 saturated carbocycles. The lowest BCUT2D eigenvalue weighted by Crippen LogP contribution is -2.49. The van der Waals surface area contributed by atoms with Crippen molar-refractivity contribution in [3.05, 3.63) is 66.2 Å². The molecule has 1 amide bonds. The molecule has 3 aromatic carbocycles. The third kappa shape index (κ3) is 3.59. The Balaban J connectivity index is 1.55. The molecule has 0 aromatic heterocycles. The van der Waals surface area contributed by atoms with Gasteiger partial charge in [0.05, 0.1) is 6.61 Å². The topological polar surface area (TPSA) is 64.0 Å². The van der Waals surface area contributed by atoms with Crippen LogP contribution in [-0.2, 0) is 0 Å². The summed E-state index contributed by atoms with van der Waals surface area (Å²) in [7, 11) is 0. The van der Waals surface area contributed by atoms with Crippen LogP contribution in [0.4, 0.5) is 0 Å². The number of phenols is 1. The SMILES string of the molecule is O=C(c1ccc(-c2c(O)ccc3ccccc23)cc1)N1CCN(CCO)CC1. The fraction of sp³-hybridized carbons (Fsp3) is 0.261. The highest BCUT2D eigenvalue weighted by Crippen LogP contribution is 2.36. The lowest BCUT2D eigenvalue weighted by Gasteiger charge is -2.34. The Hall–Kier alpha value is -2.89. The highest BCUT2D eigenvalue weighted by Gasteiger charge is 2.22. The van der Waals surface area contributed by atoms with E-state index in [9.17, 15) is 9.90 Å². The number of hydrogen-bond acceptors (Lipinski definition) is 4. The fourth-order valence-corrected chi connectivity index (χ4v) is 3.84. The van der Waals surface area contributed by atoms with Gasteiger partial charge in [0, 0.05) is 43.9 Å². The average Bonchev–Trinajstić information content (AvgIpc) is 2.74. The number of carbonyl (C=O) groups is 1. The first kappa shape index (κ1) is 18.5. The van der Waals surface area contributed by atoms with Crippen molar-refractivity contribution in [2.45, 2.75) is 0 Å². The van der Waals surface area contributed by atoms with E-state index in [0.29, 0.717) is 25.2 Å². The van der Waals surface area contributed by atoms with E-state index < -0.39 is 0 Å². The number of β-amino-alcohol motifs (C(OH)–C–C–N with tert-alkyl or cyclic N) is 1. The standard InChI is InChI=1S/C23H24N2O3/c26-16-15-24-11-13-25(14-12-24)23(28)19-7-5-18(6-8-19)22-20-4-2-1-3-17(20)9-10-21(22)27/h1-10,26-27H,11-16H2. The van der Waals surface area contributed by atoms with Gasteiger partial charge in [0.1, 0.15) is 5.75 Å². The van der Waals surface area contributed by atoms with Gasteiger partial charge in [0.25, 0.3) is 5.91 Å². The van der Waals surface area contributed by atoms with Crippen LogP contribution in [0.3, 0.4) is 0 Å². The molecule has 5 nitrogen and oxygen atoms in total. The second-order valence-electron chi connectivity index (χ2n) is 7.12. The predicted molar refractivity (Wildman–Crippen MR) is 110 cm³/mol. The number of aliphatic hydroxyl groups is 1. The van der Waals surface area contributed by atoms with E-state index in [1.807, 2.05) is 59.5 Å². The monoisotopic (exact) mass is 376 g/mol. The molecule has 1 aliphatic rings. The van der Waals surface area contributed by atoms with Crippen LogP contribution in [0.1, 0.15) is 10.4 Å². The molecule has 3 aromatic rings. The zero-order valence-electron chi connectivity index (χ0n) is 15.7. The Morgan fingerprint density at radius 1 is 0.893 bits per heavy atom. The van der Waals surface area contributed by atoms with Crippen LogP contribution in [0.25, 0.3) is 21.9 Å². The average molecular weight is 376 g/mol. The maximum atomic E-state index is 12.8. The summed E-state index contributed by atoms with van der Waals surface area (Å²) in [6.45, 7) is 3.72. The van der Waals surface area contributed by atoms with Gasteiger partial charge < -0.3 is 15.1 Å². The first-order chi connectivity index (χ1) is 13.7. The van der Waals surface area contributed by atoms with Gasteiger partial charge in [-0.1, -0.05) is 42.5 Å². The number of hydrogen-bond donors (Lipinski definition) is 2. The highest BCUT2D eigenvalue weighted by molar-refractivity contribution is 6.00. The summed E-state index contributed by atoms with van der Waals surface area (Å²) in [4.78, 5) is 16.8. The molecule has 1 saturated heterocycles. The minimum absolute atomic E-state index is 0.0253. The Kier molecular flexibility index (Phi) is 5.28. The van der Waals surface area contributed by atoms with Gasteiger partial charge in [-0.25, -0.2) is 0 Å². The molecule has 0 spiro atoms. The maximum Gasteiger partial charge on any atom is 0.253 e. The van der Waals surface area contributed by atoms with Crippen LogP contribution in [0, 0.1) is 0 Å². The van der Waals surface area contributed by atoms with E-state index in [2.05, 4.69) is 4.90 Å². The molecule has 0 bridgehead atoms. The van der Waals surface area contributed by atoms with Crippen molar-refractivity contribution in [3.8, 4) is 16.9 Å². The minimum Gasteiger partial charge on any atom is -0.507 e. The van der Waals surface area contributed by atoms with Crippen molar-refractivity contribution in [2.75, 3.05) is 39.3 Å². The summed E-state index contributed by atoms with van der Waals surface area (Å²) in [6, 6.07) is 19.0.